The second kappa shape index (κ2) is 13.0. The second-order valence-electron chi connectivity index (χ2n) is 9.65. The highest BCUT2D eigenvalue weighted by Gasteiger charge is 2.16. The molecule has 1 aromatic heterocycles. The van der Waals surface area contributed by atoms with Crippen molar-refractivity contribution >= 4 is 17.6 Å². The minimum absolute atomic E-state index is 0.935. The molecule has 0 amide bonds. The molecule has 0 spiro atoms. The number of hydrogen-bond acceptors (Lipinski definition) is 4. The molecule has 0 unspecified atom stereocenters. The molecule has 1 aliphatic rings. The van der Waals surface area contributed by atoms with Crippen molar-refractivity contribution in [2.75, 3.05) is 24.9 Å². The van der Waals surface area contributed by atoms with E-state index in [1.54, 1.807) is 11.9 Å². The van der Waals surface area contributed by atoms with E-state index in [9.17, 15) is 0 Å². The lowest BCUT2D eigenvalue weighted by Gasteiger charge is -2.28. The third-order valence-electron chi connectivity index (χ3n) is 6.84. The zero-order valence-electron chi connectivity index (χ0n) is 21.2. The van der Waals surface area contributed by atoms with Crippen LogP contribution >= 0.6 is 11.9 Å². The van der Waals surface area contributed by atoms with E-state index in [4.69, 9.17) is 5.10 Å². The van der Waals surface area contributed by atoms with Gasteiger partial charge in [-0.3, -0.25) is 4.68 Å². The number of benzene rings is 1. The number of nitrogens with one attached hydrogen (secondary N) is 1. The smallest absolute Gasteiger partial charge is 0.0890 e. The first-order chi connectivity index (χ1) is 15.9. The monoisotopic (exact) mass is 466 g/mol. The first kappa shape index (κ1) is 25.6. The summed E-state index contributed by atoms with van der Waals surface area (Å²) in [6.07, 6.45) is 13.1. The van der Waals surface area contributed by atoms with Crippen LogP contribution in [0.3, 0.4) is 0 Å². The van der Waals surface area contributed by atoms with Gasteiger partial charge in [0.2, 0.25) is 0 Å². The molecule has 1 aromatic carbocycles. The van der Waals surface area contributed by atoms with Crippen LogP contribution in [0, 0.1) is 12.8 Å². The van der Waals surface area contributed by atoms with Crippen molar-refractivity contribution in [3.63, 3.8) is 0 Å². The first-order valence-electron chi connectivity index (χ1n) is 12.4. The van der Waals surface area contributed by atoms with Gasteiger partial charge in [0.1, 0.15) is 0 Å². The Morgan fingerprint density at radius 3 is 2.55 bits per heavy atom. The van der Waals surface area contributed by atoms with E-state index in [0.717, 1.165) is 30.1 Å². The fraction of sp³-hybridized carbons (Fsp3) is 0.536. The molecule has 2 aromatic rings. The third-order valence-corrected chi connectivity index (χ3v) is 7.60. The summed E-state index contributed by atoms with van der Waals surface area (Å²) in [5.74, 6) is 0.935. The van der Waals surface area contributed by atoms with E-state index in [-0.39, 0.29) is 0 Å². The summed E-state index contributed by atoms with van der Waals surface area (Å²) in [5, 5.41) is 4.76. The molecule has 1 N–H and O–H groups in total. The van der Waals surface area contributed by atoms with Crippen molar-refractivity contribution in [3.05, 3.63) is 69.9 Å². The maximum Gasteiger partial charge on any atom is 0.0890 e. The summed E-state index contributed by atoms with van der Waals surface area (Å²) < 4.78 is 5.57. The number of rotatable bonds is 11. The highest BCUT2D eigenvalue weighted by Crippen LogP contribution is 2.27. The van der Waals surface area contributed by atoms with Gasteiger partial charge in [-0.25, -0.2) is 0 Å². The molecular weight excluding hydrogens is 424 g/mol. The van der Waals surface area contributed by atoms with Crippen LogP contribution in [0.1, 0.15) is 62.9 Å². The van der Waals surface area contributed by atoms with E-state index < -0.39 is 0 Å². The van der Waals surface area contributed by atoms with E-state index in [2.05, 4.69) is 79.9 Å². The molecule has 0 aliphatic carbocycles. The van der Waals surface area contributed by atoms with Crippen molar-refractivity contribution in [1.29, 1.82) is 0 Å². The Morgan fingerprint density at radius 2 is 1.82 bits per heavy atom. The number of aromatic nitrogens is 2. The van der Waals surface area contributed by atoms with Gasteiger partial charge in [0.25, 0.3) is 0 Å². The molecular formula is C28H42N4S. The fourth-order valence-electron chi connectivity index (χ4n) is 4.42. The summed E-state index contributed by atoms with van der Waals surface area (Å²) in [7, 11) is 4.27. The van der Waals surface area contributed by atoms with Crippen molar-refractivity contribution < 1.29 is 0 Å². The predicted molar refractivity (Wildman–Crippen MR) is 145 cm³/mol. The Kier molecular flexibility index (Phi) is 10.1. The van der Waals surface area contributed by atoms with Crippen molar-refractivity contribution in [2.45, 2.75) is 65.7 Å². The highest BCUT2D eigenvalue weighted by atomic mass is 32.2. The minimum atomic E-state index is 0.935. The molecule has 0 atom stereocenters. The number of piperidine rings is 1. The normalized spacial score (nSPS) is 16.4. The Bertz CT molecular complexity index is 921. The maximum absolute atomic E-state index is 4.76. The topological polar surface area (TPSA) is 33.1 Å². The molecule has 1 aliphatic heterocycles. The van der Waals surface area contributed by atoms with Crippen LogP contribution in [0.5, 0.6) is 0 Å². The van der Waals surface area contributed by atoms with Gasteiger partial charge in [-0.05, 0) is 103 Å². The summed E-state index contributed by atoms with van der Waals surface area (Å²) >= 11 is 1.69. The maximum atomic E-state index is 4.76. The molecule has 180 valence electrons. The quantitative estimate of drug-likeness (QED) is 0.287. The lowest BCUT2D eigenvalue weighted by Crippen LogP contribution is -2.30. The lowest BCUT2D eigenvalue weighted by molar-refractivity contribution is 0.210. The van der Waals surface area contributed by atoms with E-state index in [1.807, 2.05) is 11.7 Å². The van der Waals surface area contributed by atoms with E-state index >= 15 is 0 Å². The van der Waals surface area contributed by atoms with Crippen LogP contribution in [-0.4, -0.2) is 34.8 Å². The molecule has 4 nitrogen and oxygen atoms in total. The third kappa shape index (κ3) is 8.38. The molecule has 0 radical (unpaired) electrons. The highest BCUT2D eigenvalue weighted by molar-refractivity contribution is 8.04. The van der Waals surface area contributed by atoms with Gasteiger partial charge in [-0.15, -0.1) is 0 Å². The Morgan fingerprint density at radius 1 is 1.09 bits per heavy atom. The number of anilines is 1. The summed E-state index contributed by atoms with van der Waals surface area (Å²) in [5.41, 5.74) is 6.31. The molecule has 5 heteroatoms. The van der Waals surface area contributed by atoms with Gasteiger partial charge < -0.3 is 9.62 Å². The Hall–Kier alpha value is -1.98. The predicted octanol–water partition coefficient (Wildman–Crippen LogP) is 6.94. The van der Waals surface area contributed by atoms with Gasteiger partial charge >= 0.3 is 0 Å². The fourth-order valence-corrected chi connectivity index (χ4v) is 5.09. The van der Waals surface area contributed by atoms with Crippen molar-refractivity contribution in [1.82, 2.24) is 14.7 Å². The first-order valence-corrected chi connectivity index (χ1v) is 13.3. The van der Waals surface area contributed by atoms with Gasteiger partial charge in [-0.1, -0.05) is 54.5 Å². The molecule has 2 heterocycles. The second-order valence-corrected chi connectivity index (χ2v) is 10.7. The Labute approximate surface area is 205 Å². The van der Waals surface area contributed by atoms with Gasteiger partial charge in [-0.2, -0.15) is 5.10 Å². The zero-order valence-corrected chi connectivity index (χ0v) is 22.0. The van der Waals surface area contributed by atoms with Crippen LogP contribution in [0.25, 0.3) is 0 Å². The number of nitrogens with zero attached hydrogens (tertiary/aromatic N) is 3. The average molecular weight is 467 g/mol. The van der Waals surface area contributed by atoms with Crippen LogP contribution in [-0.2, 0) is 19.9 Å². The standard InChI is InChI=1S/C28H42N4S/c1-22(10-9-13-26-18-20-31(4)21-19-26)14-15-23(2)33-30-28-24(3)32(5)29-27(28)17-16-25-11-7-6-8-12-25/h6-8,11-12,14-15,26,30H,9-10,13,16-21H2,1-5H3/b22-14+,23-15+. The number of hydrogen-bond donors (Lipinski definition) is 1. The summed E-state index contributed by atoms with van der Waals surface area (Å²) in [4.78, 5) is 3.72. The largest absolute Gasteiger partial charge is 0.323 e. The van der Waals surface area contributed by atoms with Crippen molar-refractivity contribution in [2.24, 2.45) is 13.0 Å². The van der Waals surface area contributed by atoms with Crippen LogP contribution in [0.2, 0.25) is 0 Å². The number of likely N-dealkylation sites (tertiary alicyclic amines) is 1. The summed E-state index contributed by atoms with van der Waals surface area (Å²) in [6.45, 7) is 9.13. The molecule has 0 bridgehead atoms. The van der Waals surface area contributed by atoms with E-state index in [0.29, 0.717) is 0 Å². The zero-order chi connectivity index (χ0) is 23.6. The molecule has 33 heavy (non-hydrogen) atoms. The number of aryl methyl sites for hydroxylation is 3. The van der Waals surface area contributed by atoms with Gasteiger partial charge in [0.05, 0.1) is 17.1 Å². The van der Waals surface area contributed by atoms with Crippen LogP contribution in [0.4, 0.5) is 5.69 Å². The van der Waals surface area contributed by atoms with Gasteiger partial charge in [0.15, 0.2) is 0 Å². The van der Waals surface area contributed by atoms with Crippen LogP contribution in [0.15, 0.2) is 53.0 Å². The van der Waals surface area contributed by atoms with Crippen LogP contribution < -0.4 is 4.72 Å². The Balaban J connectivity index is 1.46. The van der Waals surface area contributed by atoms with E-state index in [1.165, 1.54) is 66.9 Å². The average Bonchev–Trinajstić information content (AvgIpc) is 3.09. The molecule has 1 saturated heterocycles. The number of allylic oxidation sites excluding steroid dienone is 4. The molecule has 0 saturated carbocycles. The SMILES string of the molecule is C/C(=C\C=C(/C)SNc1c(CCc2ccccc2)nn(C)c1C)CCCC1CCN(C)CC1. The van der Waals surface area contributed by atoms with Gasteiger partial charge in [0, 0.05) is 12.0 Å². The molecule has 1 fully saturated rings. The minimum Gasteiger partial charge on any atom is -0.323 e. The summed E-state index contributed by atoms with van der Waals surface area (Å²) in [6, 6.07) is 10.7. The van der Waals surface area contributed by atoms with Crippen molar-refractivity contribution in [3.8, 4) is 0 Å². The molecule has 3 rings (SSSR count). The lowest BCUT2D eigenvalue weighted by atomic mass is 9.91.